The monoisotopic (exact) mass is 510 g/mol. The van der Waals surface area contributed by atoms with E-state index in [-0.39, 0.29) is 18.0 Å². The van der Waals surface area contributed by atoms with Crippen LogP contribution in [0.5, 0.6) is 0 Å². The van der Waals surface area contributed by atoms with E-state index in [1.807, 2.05) is 66.4 Å². The van der Waals surface area contributed by atoms with Crippen LogP contribution in [0.4, 0.5) is 16.2 Å². The molecule has 5 rings (SSSR count). The number of amides is 2. The zero-order valence-corrected chi connectivity index (χ0v) is 21.0. The van der Waals surface area contributed by atoms with Gasteiger partial charge in [-0.3, -0.25) is 4.90 Å². The summed E-state index contributed by atoms with van der Waals surface area (Å²) < 4.78 is 29.2. The third kappa shape index (κ3) is 4.49. The van der Waals surface area contributed by atoms with Crippen LogP contribution in [0.1, 0.15) is 16.7 Å². The Morgan fingerprint density at radius 3 is 2.29 bits per heavy atom. The summed E-state index contributed by atoms with van der Waals surface area (Å²) in [5.41, 5.74) is 3.46. The number of benzene rings is 3. The molecule has 2 heterocycles. The molecule has 3 aromatic carbocycles. The van der Waals surface area contributed by atoms with Crippen molar-refractivity contribution in [1.82, 2.24) is 9.62 Å². The molecule has 1 N–H and O–H groups in total. The molecule has 0 aromatic heterocycles. The molecule has 35 heavy (non-hydrogen) atoms. The van der Waals surface area contributed by atoms with E-state index in [1.54, 1.807) is 12.1 Å². The normalized spacial score (nSPS) is 17.4. The van der Waals surface area contributed by atoms with Crippen LogP contribution in [0.2, 0.25) is 5.02 Å². The minimum absolute atomic E-state index is 0.0395. The van der Waals surface area contributed by atoms with Crippen molar-refractivity contribution in [2.45, 2.75) is 24.9 Å². The van der Waals surface area contributed by atoms with E-state index < -0.39 is 16.1 Å². The number of piperazine rings is 1. The van der Waals surface area contributed by atoms with Gasteiger partial charge in [-0.25, -0.2) is 17.5 Å². The van der Waals surface area contributed by atoms with E-state index in [0.29, 0.717) is 29.5 Å². The number of sulfonamides is 1. The summed E-state index contributed by atoms with van der Waals surface area (Å²) in [6.07, 6.45) is 0. The lowest BCUT2D eigenvalue weighted by Gasteiger charge is -2.40. The van der Waals surface area contributed by atoms with Gasteiger partial charge in [0.15, 0.2) is 0 Å². The second-order valence-corrected chi connectivity index (χ2v) is 11.0. The molecule has 0 radical (unpaired) electrons. The molecule has 7 nitrogen and oxygen atoms in total. The molecule has 9 heteroatoms. The zero-order valence-electron chi connectivity index (χ0n) is 19.4. The molecule has 3 aromatic rings. The van der Waals surface area contributed by atoms with Crippen molar-refractivity contribution >= 4 is 39.0 Å². The van der Waals surface area contributed by atoms with Crippen LogP contribution in [0.3, 0.4) is 0 Å². The number of urea groups is 1. The average Bonchev–Trinajstić information content (AvgIpc) is 2.86. The van der Waals surface area contributed by atoms with Crippen molar-refractivity contribution < 1.29 is 13.2 Å². The fourth-order valence-corrected chi connectivity index (χ4v) is 6.56. The van der Waals surface area contributed by atoms with Gasteiger partial charge in [0.25, 0.3) is 10.0 Å². The second kappa shape index (κ2) is 9.53. The van der Waals surface area contributed by atoms with Gasteiger partial charge in [-0.05, 0) is 35.7 Å². The van der Waals surface area contributed by atoms with Gasteiger partial charge in [0.2, 0.25) is 0 Å². The first-order valence-electron chi connectivity index (χ1n) is 11.6. The molecule has 0 saturated carbocycles. The maximum Gasteiger partial charge on any atom is 0.339 e. The van der Waals surface area contributed by atoms with E-state index in [9.17, 15) is 13.2 Å². The van der Waals surface area contributed by atoms with Crippen molar-refractivity contribution in [2.24, 2.45) is 0 Å². The standard InChI is InChI=1S/C26H27ClN4O3S/c1-19-7-5-6-10-21(19)18-31-26(32)30(17-20-8-3-2-4-9-20)24-16-22(27)15-23(25(24)35(31,33)34)29-13-11-28-12-14-29/h2-10,15-16,28H,11-14,17-18H2,1H3. The summed E-state index contributed by atoms with van der Waals surface area (Å²) in [4.78, 5) is 17.5. The number of nitrogens with one attached hydrogen (secondary N) is 1. The molecule has 2 aliphatic heterocycles. The first kappa shape index (κ1) is 23.7. The Balaban J connectivity index is 1.68. The van der Waals surface area contributed by atoms with Gasteiger partial charge in [-0.15, -0.1) is 0 Å². The number of carbonyl (C=O) groups is 1. The van der Waals surface area contributed by atoms with Gasteiger partial charge < -0.3 is 10.2 Å². The number of hydrogen-bond donors (Lipinski definition) is 1. The molecule has 182 valence electrons. The van der Waals surface area contributed by atoms with Gasteiger partial charge in [0.05, 0.1) is 24.5 Å². The van der Waals surface area contributed by atoms with E-state index in [4.69, 9.17) is 11.6 Å². The van der Waals surface area contributed by atoms with Gasteiger partial charge in [0.1, 0.15) is 4.90 Å². The third-order valence-corrected chi connectivity index (χ3v) is 8.53. The summed E-state index contributed by atoms with van der Waals surface area (Å²) in [5.74, 6) is 0. The highest BCUT2D eigenvalue weighted by molar-refractivity contribution is 7.90. The highest BCUT2D eigenvalue weighted by Gasteiger charge is 2.44. The summed E-state index contributed by atoms with van der Waals surface area (Å²) in [5, 5.41) is 3.69. The quantitative estimate of drug-likeness (QED) is 0.551. The number of halogens is 1. The third-order valence-electron chi connectivity index (χ3n) is 6.51. The number of rotatable bonds is 5. The molecule has 1 fully saturated rings. The number of nitrogens with zero attached hydrogens (tertiary/aromatic N) is 3. The highest BCUT2D eigenvalue weighted by atomic mass is 35.5. The lowest BCUT2D eigenvalue weighted by Crippen LogP contribution is -2.51. The predicted molar refractivity (Wildman–Crippen MR) is 138 cm³/mol. The molecule has 0 unspecified atom stereocenters. The number of fused-ring (bicyclic) bond motifs is 1. The molecule has 0 bridgehead atoms. The molecule has 0 atom stereocenters. The number of carbonyl (C=O) groups excluding carboxylic acids is 1. The molecular formula is C26H27ClN4O3S. The number of hydrogen-bond acceptors (Lipinski definition) is 5. The zero-order chi connectivity index (χ0) is 24.6. The summed E-state index contributed by atoms with van der Waals surface area (Å²) in [6, 6.07) is 19.8. The Kier molecular flexibility index (Phi) is 6.44. The van der Waals surface area contributed by atoms with Gasteiger partial charge in [-0.1, -0.05) is 66.2 Å². The second-order valence-electron chi connectivity index (χ2n) is 8.80. The van der Waals surface area contributed by atoms with Gasteiger partial charge in [0, 0.05) is 31.2 Å². The van der Waals surface area contributed by atoms with E-state index in [1.165, 1.54) is 4.90 Å². The summed E-state index contributed by atoms with van der Waals surface area (Å²) in [6.45, 7) is 4.87. The smallest absolute Gasteiger partial charge is 0.339 e. The lowest BCUT2D eigenvalue weighted by atomic mass is 10.1. The molecule has 2 amide bonds. The molecular weight excluding hydrogens is 484 g/mol. The Morgan fingerprint density at radius 1 is 0.914 bits per heavy atom. The van der Waals surface area contributed by atoms with Crippen molar-refractivity contribution in [3.05, 3.63) is 88.4 Å². The first-order chi connectivity index (χ1) is 16.9. The van der Waals surface area contributed by atoms with Gasteiger partial charge >= 0.3 is 6.03 Å². The highest BCUT2D eigenvalue weighted by Crippen LogP contribution is 2.44. The van der Waals surface area contributed by atoms with Crippen LogP contribution < -0.4 is 15.1 Å². The first-order valence-corrected chi connectivity index (χ1v) is 13.4. The number of aryl methyl sites for hydroxylation is 1. The Hall–Kier alpha value is -3.07. The minimum Gasteiger partial charge on any atom is -0.368 e. The van der Waals surface area contributed by atoms with E-state index in [0.717, 1.165) is 34.1 Å². The largest absolute Gasteiger partial charge is 0.368 e. The summed E-state index contributed by atoms with van der Waals surface area (Å²) >= 11 is 6.51. The minimum atomic E-state index is -4.15. The van der Waals surface area contributed by atoms with Crippen LogP contribution in [-0.4, -0.2) is 44.9 Å². The van der Waals surface area contributed by atoms with E-state index >= 15 is 0 Å². The maximum absolute atomic E-state index is 14.1. The van der Waals surface area contributed by atoms with Crippen molar-refractivity contribution in [1.29, 1.82) is 0 Å². The van der Waals surface area contributed by atoms with Crippen LogP contribution in [0.25, 0.3) is 0 Å². The fraction of sp³-hybridized carbons (Fsp3) is 0.269. The van der Waals surface area contributed by atoms with Crippen LogP contribution in [-0.2, 0) is 23.1 Å². The summed E-state index contributed by atoms with van der Waals surface area (Å²) in [7, 11) is -4.15. The number of anilines is 2. The average molecular weight is 511 g/mol. The molecule has 0 spiro atoms. The van der Waals surface area contributed by atoms with Crippen LogP contribution in [0.15, 0.2) is 71.6 Å². The van der Waals surface area contributed by atoms with Crippen molar-refractivity contribution in [2.75, 3.05) is 36.0 Å². The predicted octanol–water partition coefficient (Wildman–Crippen LogP) is 4.39. The maximum atomic E-state index is 14.1. The Labute approximate surface area is 211 Å². The van der Waals surface area contributed by atoms with Crippen molar-refractivity contribution in [3.63, 3.8) is 0 Å². The SMILES string of the molecule is Cc1ccccc1CN1C(=O)N(Cc2ccccc2)c2cc(Cl)cc(N3CCNCC3)c2S1(=O)=O. The molecule has 1 saturated heterocycles. The van der Waals surface area contributed by atoms with Crippen LogP contribution in [0, 0.1) is 6.92 Å². The van der Waals surface area contributed by atoms with E-state index in [2.05, 4.69) is 5.32 Å². The van der Waals surface area contributed by atoms with Crippen LogP contribution >= 0.6 is 11.6 Å². The Morgan fingerprint density at radius 2 is 1.57 bits per heavy atom. The lowest BCUT2D eigenvalue weighted by molar-refractivity contribution is 0.226. The Bertz CT molecular complexity index is 1360. The topological polar surface area (TPSA) is 73.0 Å². The molecule has 2 aliphatic rings. The van der Waals surface area contributed by atoms with Gasteiger partial charge in [-0.2, -0.15) is 0 Å². The molecule has 0 aliphatic carbocycles. The fourth-order valence-electron chi connectivity index (χ4n) is 4.63. The van der Waals surface area contributed by atoms with Crippen molar-refractivity contribution in [3.8, 4) is 0 Å².